The normalized spacial score (nSPS) is 12.8. The number of hydrogen-bond acceptors (Lipinski definition) is 1. The van der Waals surface area contributed by atoms with Gasteiger partial charge in [0.15, 0.2) is 5.78 Å². The number of Topliss-reactive ketones (excluding diaryl/α,β-unsaturated/α-hetero) is 1. The third-order valence-electron chi connectivity index (χ3n) is 1.67. The van der Waals surface area contributed by atoms with E-state index >= 15 is 0 Å². The molecular formula is C11H15FO. The molecule has 0 aromatic carbocycles. The maximum atomic E-state index is 12.8. The summed E-state index contributed by atoms with van der Waals surface area (Å²) in [6.45, 7) is 6.84. The van der Waals surface area contributed by atoms with E-state index in [2.05, 4.69) is 6.58 Å². The van der Waals surface area contributed by atoms with E-state index < -0.39 is 0 Å². The van der Waals surface area contributed by atoms with Crippen LogP contribution in [0.1, 0.15) is 26.7 Å². The van der Waals surface area contributed by atoms with Gasteiger partial charge in [0, 0.05) is 18.4 Å². The first-order valence-electron chi connectivity index (χ1n) is 4.31. The fourth-order valence-corrected chi connectivity index (χ4v) is 0.904. The predicted octanol–water partition coefficient (Wildman–Crippen LogP) is 3.34. The van der Waals surface area contributed by atoms with Gasteiger partial charge in [-0.25, -0.2) is 4.39 Å². The van der Waals surface area contributed by atoms with Gasteiger partial charge in [-0.3, -0.25) is 4.79 Å². The maximum Gasteiger partial charge on any atom is 0.159 e. The number of ketones is 1. The summed E-state index contributed by atoms with van der Waals surface area (Å²) in [4.78, 5) is 11.2. The lowest BCUT2D eigenvalue weighted by Gasteiger charge is -2.01. The molecular weight excluding hydrogens is 167 g/mol. The lowest BCUT2D eigenvalue weighted by Crippen LogP contribution is -2.00. The second-order valence-electron chi connectivity index (χ2n) is 2.62. The SMILES string of the molecule is C=C/C=C(\C/C(F)=C\C)C(=O)CC. The van der Waals surface area contributed by atoms with Crippen LogP contribution in [-0.2, 0) is 4.79 Å². The molecule has 0 rings (SSSR count). The molecule has 0 atom stereocenters. The van der Waals surface area contributed by atoms with Crippen LogP contribution in [0.2, 0.25) is 0 Å². The average molecular weight is 182 g/mol. The maximum absolute atomic E-state index is 12.8. The molecule has 0 aromatic heterocycles. The van der Waals surface area contributed by atoms with E-state index in [1.807, 2.05) is 0 Å². The molecule has 0 unspecified atom stereocenters. The molecule has 72 valence electrons. The van der Waals surface area contributed by atoms with Crippen LogP contribution in [0, 0.1) is 0 Å². The van der Waals surface area contributed by atoms with Crippen LogP contribution < -0.4 is 0 Å². The highest BCUT2D eigenvalue weighted by atomic mass is 19.1. The molecule has 0 aromatic rings. The number of hydrogen-bond donors (Lipinski definition) is 0. The van der Waals surface area contributed by atoms with Crippen molar-refractivity contribution in [3.05, 3.63) is 36.2 Å². The molecule has 0 aliphatic heterocycles. The Morgan fingerprint density at radius 3 is 2.54 bits per heavy atom. The Hall–Kier alpha value is -1.18. The second-order valence-corrected chi connectivity index (χ2v) is 2.62. The molecule has 0 aliphatic rings. The van der Waals surface area contributed by atoms with E-state index in [1.54, 1.807) is 19.9 Å². The van der Waals surface area contributed by atoms with Gasteiger partial charge in [-0.15, -0.1) is 0 Å². The summed E-state index contributed by atoms with van der Waals surface area (Å²) in [5.41, 5.74) is 0.480. The zero-order chi connectivity index (χ0) is 10.3. The predicted molar refractivity (Wildman–Crippen MR) is 53.1 cm³/mol. The Balaban J connectivity index is 4.54. The van der Waals surface area contributed by atoms with Crippen LogP contribution in [0.4, 0.5) is 4.39 Å². The lowest BCUT2D eigenvalue weighted by atomic mass is 10.0. The minimum Gasteiger partial charge on any atom is -0.295 e. The zero-order valence-corrected chi connectivity index (χ0v) is 8.14. The topological polar surface area (TPSA) is 17.1 Å². The van der Waals surface area contributed by atoms with Crippen LogP contribution in [0.5, 0.6) is 0 Å². The average Bonchev–Trinajstić information content (AvgIpc) is 2.15. The van der Waals surface area contributed by atoms with Gasteiger partial charge in [-0.1, -0.05) is 31.7 Å². The second kappa shape index (κ2) is 6.35. The van der Waals surface area contributed by atoms with Gasteiger partial charge in [0.2, 0.25) is 0 Å². The highest BCUT2D eigenvalue weighted by molar-refractivity contribution is 5.95. The van der Waals surface area contributed by atoms with E-state index in [4.69, 9.17) is 0 Å². The molecule has 13 heavy (non-hydrogen) atoms. The molecule has 0 saturated carbocycles. The first kappa shape index (κ1) is 11.8. The fraction of sp³-hybridized carbons (Fsp3) is 0.364. The van der Waals surface area contributed by atoms with Crippen molar-refractivity contribution in [1.29, 1.82) is 0 Å². The Morgan fingerprint density at radius 2 is 2.15 bits per heavy atom. The molecule has 0 spiro atoms. The standard InChI is InChI=1S/C11H15FO/c1-4-7-9(11(13)6-3)8-10(12)5-2/h4-5,7H,1,6,8H2,2-3H3/b9-7+,10-5+. The first-order valence-corrected chi connectivity index (χ1v) is 4.31. The van der Waals surface area contributed by atoms with Crippen LogP contribution >= 0.6 is 0 Å². The number of carbonyl (C=O) groups is 1. The van der Waals surface area contributed by atoms with Crippen molar-refractivity contribution in [3.63, 3.8) is 0 Å². The van der Waals surface area contributed by atoms with Crippen molar-refractivity contribution in [2.75, 3.05) is 0 Å². The Labute approximate surface area is 78.6 Å². The van der Waals surface area contributed by atoms with Crippen molar-refractivity contribution < 1.29 is 9.18 Å². The molecule has 0 N–H and O–H groups in total. The summed E-state index contributed by atoms with van der Waals surface area (Å²) in [7, 11) is 0. The van der Waals surface area contributed by atoms with Gasteiger partial charge in [-0.05, 0) is 6.92 Å². The van der Waals surface area contributed by atoms with Gasteiger partial charge in [0.05, 0.1) is 0 Å². The van der Waals surface area contributed by atoms with Crippen LogP contribution in [-0.4, -0.2) is 5.78 Å². The fourth-order valence-electron chi connectivity index (χ4n) is 0.904. The number of halogens is 1. The first-order chi connectivity index (χ1) is 6.15. The van der Waals surface area contributed by atoms with E-state index in [-0.39, 0.29) is 18.0 Å². The van der Waals surface area contributed by atoms with E-state index in [9.17, 15) is 9.18 Å². The zero-order valence-electron chi connectivity index (χ0n) is 8.14. The summed E-state index contributed by atoms with van der Waals surface area (Å²) in [5.74, 6) is -0.313. The molecule has 0 fully saturated rings. The quantitative estimate of drug-likeness (QED) is 0.470. The third-order valence-corrected chi connectivity index (χ3v) is 1.67. The van der Waals surface area contributed by atoms with E-state index in [1.165, 1.54) is 12.2 Å². The van der Waals surface area contributed by atoms with Crippen molar-refractivity contribution in [2.24, 2.45) is 0 Å². The van der Waals surface area contributed by atoms with Crippen molar-refractivity contribution in [3.8, 4) is 0 Å². The molecule has 0 aliphatic carbocycles. The monoisotopic (exact) mass is 182 g/mol. The third kappa shape index (κ3) is 4.41. The van der Waals surface area contributed by atoms with Gasteiger partial charge in [0.1, 0.15) is 5.83 Å². The van der Waals surface area contributed by atoms with E-state index in [0.29, 0.717) is 12.0 Å². The highest BCUT2D eigenvalue weighted by Crippen LogP contribution is 2.14. The largest absolute Gasteiger partial charge is 0.295 e. The number of carbonyl (C=O) groups excluding carboxylic acids is 1. The van der Waals surface area contributed by atoms with Crippen LogP contribution in [0.3, 0.4) is 0 Å². The minimum absolute atomic E-state index is 0.0306. The smallest absolute Gasteiger partial charge is 0.159 e. The summed E-state index contributed by atoms with van der Waals surface area (Å²) in [5, 5.41) is 0. The van der Waals surface area contributed by atoms with Crippen molar-refractivity contribution >= 4 is 5.78 Å². The van der Waals surface area contributed by atoms with E-state index in [0.717, 1.165) is 0 Å². The van der Waals surface area contributed by atoms with Crippen LogP contribution in [0.15, 0.2) is 36.2 Å². The van der Waals surface area contributed by atoms with Crippen LogP contribution in [0.25, 0.3) is 0 Å². The van der Waals surface area contributed by atoms with Gasteiger partial charge < -0.3 is 0 Å². The molecule has 1 nitrogen and oxygen atoms in total. The molecule has 0 amide bonds. The van der Waals surface area contributed by atoms with Gasteiger partial charge >= 0.3 is 0 Å². The number of rotatable bonds is 5. The Morgan fingerprint density at radius 1 is 1.54 bits per heavy atom. The summed E-state index contributed by atoms with van der Waals surface area (Å²) >= 11 is 0. The summed E-state index contributed by atoms with van der Waals surface area (Å²) in [6, 6.07) is 0. The molecule has 0 bridgehead atoms. The molecule has 2 heteroatoms. The highest BCUT2D eigenvalue weighted by Gasteiger charge is 2.07. The lowest BCUT2D eigenvalue weighted by molar-refractivity contribution is -0.115. The van der Waals surface area contributed by atoms with Crippen molar-refractivity contribution in [1.82, 2.24) is 0 Å². The van der Waals surface area contributed by atoms with Crippen molar-refractivity contribution in [2.45, 2.75) is 26.7 Å². The summed E-state index contributed by atoms with van der Waals surface area (Å²) in [6.07, 6.45) is 4.91. The Kier molecular flexibility index (Phi) is 5.77. The molecule has 0 heterocycles. The summed E-state index contributed by atoms with van der Waals surface area (Å²) < 4.78 is 12.8. The number of allylic oxidation sites excluding steroid dienone is 5. The molecule has 0 saturated heterocycles. The molecule has 0 radical (unpaired) electrons. The van der Waals surface area contributed by atoms with Gasteiger partial charge in [-0.2, -0.15) is 0 Å². The van der Waals surface area contributed by atoms with Gasteiger partial charge in [0.25, 0.3) is 0 Å². The minimum atomic E-state index is -0.282. The Bertz CT molecular complexity index is 249.